The molecule has 4 nitrogen and oxygen atoms in total. The Hall–Kier alpha value is -1.71. The summed E-state index contributed by atoms with van der Waals surface area (Å²) in [6.07, 6.45) is 6.69. The number of unbranched alkanes of at least 4 members (excludes halogenated alkanes) is 2. The number of aryl methyl sites for hydroxylation is 1. The first-order valence-corrected chi connectivity index (χ1v) is 8.58. The topological polar surface area (TPSA) is 55.8 Å². The Kier molecular flexibility index (Phi) is 9.18. The van der Waals surface area contributed by atoms with E-state index in [4.69, 9.17) is 9.47 Å². The molecule has 0 aliphatic rings. The monoisotopic (exact) mass is 322 g/mol. The van der Waals surface area contributed by atoms with Crippen molar-refractivity contribution < 1.29 is 19.4 Å². The summed E-state index contributed by atoms with van der Waals surface area (Å²) in [6.45, 7) is 5.01. The van der Waals surface area contributed by atoms with Crippen LogP contribution in [0.25, 0.3) is 0 Å². The number of hydrogen-bond acceptors (Lipinski definition) is 4. The molecule has 0 radical (unpaired) electrons. The van der Waals surface area contributed by atoms with Gasteiger partial charge in [0.25, 0.3) is 0 Å². The molecule has 1 N–H and O–H groups in total. The van der Waals surface area contributed by atoms with Gasteiger partial charge in [0.1, 0.15) is 0 Å². The number of ether oxygens (including phenoxy) is 2. The van der Waals surface area contributed by atoms with Gasteiger partial charge < -0.3 is 14.6 Å². The second-order valence-electron chi connectivity index (χ2n) is 6.09. The molecule has 0 fully saturated rings. The Morgan fingerprint density at radius 1 is 1.26 bits per heavy atom. The number of hydrogen-bond donors (Lipinski definition) is 1. The number of carbonyl (C=O) groups is 1. The average molecular weight is 322 g/mol. The van der Waals surface area contributed by atoms with E-state index in [0.717, 1.165) is 24.3 Å². The third-order valence-electron chi connectivity index (χ3n) is 4.16. The van der Waals surface area contributed by atoms with Crippen LogP contribution in [0.4, 0.5) is 0 Å². The maximum absolute atomic E-state index is 11.7. The second-order valence-corrected chi connectivity index (χ2v) is 6.09. The zero-order chi connectivity index (χ0) is 17.1. The summed E-state index contributed by atoms with van der Waals surface area (Å²) in [7, 11) is 1.51. The van der Waals surface area contributed by atoms with Gasteiger partial charge in [-0.2, -0.15) is 0 Å². The highest BCUT2D eigenvalue weighted by molar-refractivity contribution is 5.69. The molecule has 1 rings (SSSR count). The number of rotatable bonds is 11. The minimum absolute atomic E-state index is 0.108. The summed E-state index contributed by atoms with van der Waals surface area (Å²) in [6, 6.07) is 5.12. The van der Waals surface area contributed by atoms with E-state index >= 15 is 0 Å². The molecule has 0 heterocycles. The molecule has 0 aromatic heterocycles. The molecule has 0 bridgehead atoms. The molecule has 0 saturated heterocycles. The van der Waals surface area contributed by atoms with Crippen molar-refractivity contribution in [1.29, 1.82) is 0 Å². The predicted octanol–water partition coefficient (Wildman–Crippen LogP) is 4.48. The van der Waals surface area contributed by atoms with Crippen molar-refractivity contribution in [1.82, 2.24) is 0 Å². The van der Waals surface area contributed by atoms with E-state index in [-0.39, 0.29) is 11.7 Å². The molecule has 0 spiro atoms. The van der Waals surface area contributed by atoms with E-state index in [0.29, 0.717) is 25.2 Å². The molecule has 1 aromatic rings. The largest absolute Gasteiger partial charge is 0.504 e. The molecule has 0 aliphatic carbocycles. The fourth-order valence-electron chi connectivity index (χ4n) is 2.36. The SMILES string of the molecule is CC[C@H](C)CCCCCOC(=O)CCc1ccc(O)c(OC)c1. The fourth-order valence-corrected chi connectivity index (χ4v) is 2.36. The number of methoxy groups -OCH3 is 1. The highest BCUT2D eigenvalue weighted by atomic mass is 16.5. The zero-order valence-corrected chi connectivity index (χ0v) is 14.6. The summed E-state index contributed by atoms with van der Waals surface area (Å²) in [5.41, 5.74) is 0.949. The van der Waals surface area contributed by atoms with Crippen LogP contribution in [-0.4, -0.2) is 24.8 Å². The van der Waals surface area contributed by atoms with Gasteiger partial charge in [0.05, 0.1) is 13.7 Å². The first-order valence-electron chi connectivity index (χ1n) is 8.58. The van der Waals surface area contributed by atoms with Gasteiger partial charge in [-0.25, -0.2) is 0 Å². The molecular weight excluding hydrogens is 292 g/mol. The van der Waals surface area contributed by atoms with Crippen molar-refractivity contribution in [3.8, 4) is 11.5 Å². The Balaban J connectivity index is 2.15. The average Bonchev–Trinajstić information content (AvgIpc) is 2.56. The number of phenolic OH excluding ortho intramolecular Hbond substituents is 1. The Morgan fingerprint density at radius 3 is 2.74 bits per heavy atom. The predicted molar refractivity (Wildman–Crippen MR) is 91.9 cm³/mol. The maximum atomic E-state index is 11.7. The van der Waals surface area contributed by atoms with E-state index in [9.17, 15) is 9.90 Å². The van der Waals surface area contributed by atoms with E-state index < -0.39 is 0 Å². The van der Waals surface area contributed by atoms with Crippen LogP contribution in [0.1, 0.15) is 57.9 Å². The minimum atomic E-state index is -0.168. The van der Waals surface area contributed by atoms with Gasteiger partial charge in [0.15, 0.2) is 11.5 Å². The fraction of sp³-hybridized carbons (Fsp3) is 0.632. The summed E-state index contributed by atoms with van der Waals surface area (Å²) >= 11 is 0. The van der Waals surface area contributed by atoms with Crippen LogP contribution in [0.2, 0.25) is 0 Å². The quantitative estimate of drug-likeness (QED) is 0.482. The molecule has 0 saturated carbocycles. The molecule has 23 heavy (non-hydrogen) atoms. The Bertz CT molecular complexity index is 470. The van der Waals surface area contributed by atoms with Gasteiger partial charge in [0, 0.05) is 6.42 Å². The van der Waals surface area contributed by atoms with Crippen molar-refractivity contribution in [2.24, 2.45) is 5.92 Å². The van der Waals surface area contributed by atoms with Crippen molar-refractivity contribution >= 4 is 5.97 Å². The molecule has 1 aromatic carbocycles. The lowest BCUT2D eigenvalue weighted by atomic mass is 10.0. The van der Waals surface area contributed by atoms with Gasteiger partial charge in [-0.15, -0.1) is 0 Å². The van der Waals surface area contributed by atoms with Crippen molar-refractivity contribution in [3.63, 3.8) is 0 Å². The van der Waals surface area contributed by atoms with Gasteiger partial charge in [-0.1, -0.05) is 45.6 Å². The lowest BCUT2D eigenvalue weighted by molar-refractivity contribution is -0.143. The molecule has 4 heteroatoms. The molecular formula is C19H30O4. The van der Waals surface area contributed by atoms with Gasteiger partial charge in [-0.3, -0.25) is 4.79 Å². The summed E-state index contributed by atoms with van der Waals surface area (Å²) in [4.78, 5) is 11.7. The van der Waals surface area contributed by atoms with Crippen molar-refractivity contribution in [2.75, 3.05) is 13.7 Å². The van der Waals surface area contributed by atoms with E-state index in [1.807, 2.05) is 0 Å². The molecule has 0 aliphatic heterocycles. The third-order valence-corrected chi connectivity index (χ3v) is 4.16. The maximum Gasteiger partial charge on any atom is 0.306 e. The smallest absolute Gasteiger partial charge is 0.306 e. The van der Waals surface area contributed by atoms with Crippen LogP contribution in [0.15, 0.2) is 18.2 Å². The van der Waals surface area contributed by atoms with Crippen LogP contribution < -0.4 is 4.74 Å². The first-order chi connectivity index (χ1) is 11.1. The van der Waals surface area contributed by atoms with Crippen molar-refractivity contribution in [2.45, 2.75) is 58.8 Å². The lowest BCUT2D eigenvalue weighted by Crippen LogP contribution is -2.07. The second kappa shape index (κ2) is 10.9. The molecule has 0 amide bonds. The summed E-state index contributed by atoms with van der Waals surface area (Å²) in [5, 5.41) is 9.53. The molecule has 0 unspecified atom stereocenters. The van der Waals surface area contributed by atoms with Crippen LogP contribution in [-0.2, 0) is 16.0 Å². The number of phenols is 1. The highest BCUT2D eigenvalue weighted by Crippen LogP contribution is 2.26. The first kappa shape index (κ1) is 19.3. The van der Waals surface area contributed by atoms with Gasteiger partial charge >= 0.3 is 5.97 Å². The van der Waals surface area contributed by atoms with Crippen LogP contribution in [0.5, 0.6) is 11.5 Å². The number of esters is 1. The normalized spacial score (nSPS) is 12.0. The number of aromatic hydroxyl groups is 1. The zero-order valence-electron chi connectivity index (χ0n) is 14.6. The Labute approximate surface area is 139 Å². The van der Waals surface area contributed by atoms with Crippen LogP contribution in [0.3, 0.4) is 0 Å². The van der Waals surface area contributed by atoms with E-state index in [1.54, 1.807) is 18.2 Å². The lowest BCUT2D eigenvalue weighted by Gasteiger charge is -2.08. The number of carbonyl (C=O) groups excluding carboxylic acids is 1. The summed E-state index contributed by atoms with van der Waals surface area (Å²) in [5.74, 6) is 1.16. The van der Waals surface area contributed by atoms with Crippen LogP contribution >= 0.6 is 0 Å². The van der Waals surface area contributed by atoms with E-state index in [2.05, 4.69) is 13.8 Å². The van der Waals surface area contributed by atoms with Crippen molar-refractivity contribution in [3.05, 3.63) is 23.8 Å². The number of benzene rings is 1. The third kappa shape index (κ3) is 7.91. The summed E-state index contributed by atoms with van der Waals surface area (Å²) < 4.78 is 10.3. The molecule has 1 atom stereocenters. The van der Waals surface area contributed by atoms with Gasteiger partial charge in [0.2, 0.25) is 0 Å². The molecule has 130 valence electrons. The minimum Gasteiger partial charge on any atom is -0.504 e. The van der Waals surface area contributed by atoms with Gasteiger partial charge in [-0.05, 0) is 36.5 Å². The Morgan fingerprint density at radius 2 is 2.04 bits per heavy atom. The van der Waals surface area contributed by atoms with E-state index in [1.165, 1.54) is 26.4 Å². The standard InChI is InChI=1S/C19H30O4/c1-4-15(2)8-6-5-7-13-23-19(21)12-10-16-9-11-17(20)18(14-16)22-3/h9,11,14-15,20H,4-8,10,12-13H2,1-3H3/t15-/m0/s1. The van der Waals surface area contributed by atoms with Crippen LogP contribution in [0, 0.1) is 5.92 Å². The highest BCUT2D eigenvalue weighted by Gasteiger charge is 2.07.